The van der Waals surface area contributed by atoms with Gasteiger partial charge in [-0.1, -0.05) is 48.2 Å². The lowest BCUT2D eigenvalue weighted by atomic mass is 10.1. The van der Waals surface area contributed by atoms with Gasteiger partial charge in [0.2, 0.25) is 0 Å². The number of hydrogen-bond acceptors (Lipinski definition) is 6. The Balaban J connectivity index is 1.42. The van der Waals surface area contributed by atoms with E-state index in [1.807, 2.05) is 60.4 Å². The summed E-state index contributed by atoms with van der Waals surface area (Å²) in [5.41, 5.74) is 6.81. The topological polar surface area (TPSA) is 70.1 Å². The van der Waals surface area contributed by atoms with E-state index in [4.69, 9.17) is 32.9 Å². The molecule has 3 aromatic rings. The van der Waals surface area contributed by atoms with Gasteiger partial charge < -0.3 is 15.1 Å². The fourth-order valence-electron chi connectivity index (χ4n) is 5.22. The van der Waals surface area contributed by atoms with E-state index in [0.29, 0.717) is 34.4 Å². The second kappa shape index (κ2) is 11.7. The van der Waals surface area contributed by atoms with Crippen molar-refractivity contribution < 1.29 is 9.53 Å². The third-order valence-electron chi connectivity index (χ3n) is 7.33. The van der Waals surface area contributed by atoms with E-state index in [9.17, 15) is 4.79 Å². The van der Waals surface area contributed by atoms with E-state index in [-0.39, 0.29) is 18.1 Å². The summed E-state index contributed by atoms with van der Waals surface area (Å²) in [4.78, 5) is 25.0. The summed E-state index contributed by atoms with van der Waals surface area (Å²) < 4.78 is 5.34. The summed E-state index contributed by atoms with van der Waals surface area (Å²) in [7, 11) is 1.60. The van der Waals surface area contributed by atoms with Gasteiger partial charge in [-0.05, 0) is 67.3 Å². The van der Waals surface area contributed by atoms with Crippen LogP contribution in [0.5, 0.6) is 5.75 Å². The maximum absolute atomic E-state index is 13.8. The number of pyridine rings is 1. The number of methoxy groups -OCH3 is 1. The number of aromatic nitrogens is 1. The van der Waals surface area contributed by atoms with Crippen LogP contribution >= 0.6 is 23.2 Å². The number of ether oxygens (including phenoxy) is 1. The minimum Gasteiger partial charge on any atom is -0.495 e. The Kier molecular flexibility index (Phi) is 8.17. The molecular weight excluding hydrogens is 521 g/mol. The number of rotatable bonds is 8. The van der Waals surface area contributed by atoms with Crippen molar-refractivity contribution in [2.24, 2.45) is 4.99 Å². The highest BCUT2D eigenvalue weighted by atomic mass is 35.5. The molecule has 9 heteroatoms. The molecule has 1 unspecified atom stereocenters. The van der Waals surface area contributed by atoms with Gasteiger partial charge in [0.25, 0.3) is 5.91 Å². The molecule has 1 atom stereocenters. The summed E-state index contributed by atoms with van der Waals surface area (Å²) >= 11 is 12.8. The molecule has 38 heavy (non-hydrogen) atoms. The third-order valence-corrected chi connectivity index (χ3v) is 8.03. The van der Waals surface area contributed by atoms with Gasteiger partial charge in [0.05, 0.1) is 12.1 Å². The van der Waals surface area contributed by atoms with Crippen molar-refractivity contribution in [3.63, 3.8) is 0 Å². The molecular formula is C29H31Cl2N5O2. The van der Waals surface area contributed by atoms with E-state index in [1.165, 1.54) is 0 Å². The van der Waals surface area contributed by atoms with Crippen LogP contribution in [0.2, 0.25) is 10.0 Å². The number of hydrazine groups is 1. The Labute approximate surface area is 233 Å². The average Bonchev–Trinajstić information content (AvgIpc) is 3.62. The first-order chi connectivity index (χ1) is 18.5. The lowest BCUT2D eigenvalue weighted by Gasteiger charge is -2.32. The Bertz CT molecular complexity index is 1330. The Morgan fingerprint density at radius 3 is 2.58 bits per heavy atom. The summed E-state index contributed by atoms with van der Waals surface area (Å²) in [6.45, 7) is 3.01. The van der Waals surface area contributed by atoms with E-state index in [1.54, 1.807) is 19.5 Å². The van der Waals surface area contributed by atoms with Crippen molar-refractivity contribution in [2.75, 3.05) is 20.2 Å². The first-order valence-electron chi connectivity index (χ1n) is 12.9. The molecule has 0 spiro atoms. The lowest BCUT2D eigenvalue weighted by molar-refractivity contribution is 0.0628. The van der Waals surface area contributed by atoms with Crippen LogP contribution in [-0.2, 0) is 0 Å². The second-order valence-electron chi connectivity index (χ2n) is 9.64. The van der Waals surface area contributed by atoms with Crippen LogP contribution in [0.15, 0.2) is 65.9 Å². The van der Waals surface area contributed by atoms with Gasteiger partial charge in [-0.25, -0.2) is 4.99 Å². The minimum atomic E-state index is -0.324. The zero-order valence-corrected chi connectivity index (χ0v) is 23.0. The van der Waals surface area contributed by atoms with E-state index >= 15 is 0 Å². The number of hydrogen-bond donors (Lipinski definition) is 1. The molecule has 2 aromatic carbocycles. The number of halogens is 2. The van der Waals surface area contributed by atoms with Gasteiger partial charge in [-0.2, -0.15) is 5.01 Å². The molecule has 1 N–H and O–H groups in total. The van der Waals surface area contributed by atoms with E-state index < -0.39 is 0 Å². The molecule has 5 rings (SSSR count). The Morgan fingerprint density at radius 1 is 1.11 bits per heavy atom. The summed E-state index contributed by atoms with van der Waals surface area (Å²) in [5.74, 6) is 1.38. The molecule has 2 heterocycles. The maximum atomic E-state index is 13.8. The molecule has 0 radical (unpaired) electrons. The Morgan fingerprint density at radius 2 is 1.87 bits per heavy atom. The highest BCUT2D eigenvalue weighted by molar-refractivity contribution is 6.32. The van der Waals surface area contributed by atoms with Crippen LogP contribution in [0.25, 0.3) is 0 Å². The van der Waals surface area contributed by atoms with Crippen LogP contribution in [0.3, 0.4) is 0 Å². The largest absolute Gasteiger partial charge is 0.495 e. The number of carbonyl (C=O) groups excluding carboxylic acids is 1. The third kappa shape index (κ3) is 5.51. The molecule has 198 valence electrons. The SMILES string of the molecule is COc1ccc(C2N=C(c3ccncc3)NN2CCN(C(=O)c2cccc(Cl)c2C)C2CCCC2)cc1Cl. The molecule has 1 aliphatic heterocycles. The van der Waals surface area contributed by atoms with Crippen molar-refractivity contribution in [3.05, 3.63) is 93.2 Å². The normalized spacial score (nSPS) is 17.8. The molecule has 0 saturated heterocycles. The van der Waals surface area contributed by atoms with Crippen LogP contribution in [0, 0.1) is 6.92 Å². The number of amidine groups is 1. The van der Waals surface area contributed by atoms with Gasteiger partial charge in [-0.15, -0.1) is 0 Å². The molecule has 1 saturated carbocycles. The number of carbonyl (C=O) groups is 1. The fourth-order valence-corrected chi connectivity index (χ4v) is 5.66. The van der Waals surface area contributed by atoms with Crippen molar-refractivity contribution in [2.45, 2.75) is 44.8 Å². The molecule has 0 bridgehead atoms. The first-order valence-corrected chi connectivity index (χ1v) is 13.6. The molecule has 1 fully saturated rings. The molecule has 7 nitrogen and oxygen atoms in total. The van der Waals surface area contributed by atoms with Gasteiger partial charge in [0.15, 0.2) is 0 Å². The number of nitrogens with zero attached hydrogens (tertiary/aromatic N) is 4. The maximum Gasteiger partial charge on any atom is 0.254 e. The summed E-state index contributed by atoms with van der Waals surface area (Å²) in [6.07, 6.45) is 7.45. The van der Waals surface area contributed by atoms with Gasteiger partial charge in [0.1, 0.15) is 17.8 Å². The van der Waals surface area contributed by atoms with Crippen LogP contribution in [-0.4, -0.2) is 52.9 Å². The number of amides is 1. The quantitative estimate of drug-likeness (QED) is 0.368. The van der Waals surface area contributed by atoms with Crippen LogP contribution in [0.4, 0.5) is 0 Å². The van der Waals surface area contributed by atoms with Crippen molar-refractivity contribution in [3.8, 4) is 5.75 Å². The van der Waals surface area contributed by atoms with Crippen molar-refractivity contribution >= 4 is 34.9 Å². The smallest absolute Gasteiger partial charge is 0.254 e. The lowest BCUT2D eigenvalue weighted by Crippen LogP contribution is -2.47. The zero-order chi connectivity index (χ0) is 26.6. The summed E-state index contributed by atoms with van der Waals surface area (Å²) in [5, 5.41) is 3.19. The minimum absolute atomic E-state index is 0.0235. The first kappa shape index (κ1) is 26.5. The molecule has 1 aliphatic carbocycles. The van der Waals surface area contributed by atoms with Gasteiger partial charge in [0, 0.05) is 47.7 Å². The number of aliphatic imine (C=N–C) groups is 1. The number of nitrogens with one attached hydrogen (secondary N) is 1. The van der Waals surface area contributed by atoms with Crippen LogP contribution < -0.4 is 10.2 Å². The predicted octanol–water partition coefficient (Wildman–Crippen LogP) is 6.06. The fraction of sp³-hybridized carbons (Fsp3) is 0.345. The van der Waals surface area contributed by atoms with E-state index in [0.717, 1.165) is 48.2 Å². The van der Waals surface area contributed by atoms with Crippen LogP contribution in [0.1, 0.15) is 58.9 Å². The highest BCUT2D eigenvalue weighted by Crippen LogP contribution is 2.33. The standard InChI is InChI=1S/C29H31Cl2N5O2/c1-19-23(8-5-9-24(19)30)29(37)35(22-6-3-4-7-22)16-17-36-28(21-10-11-26(38-2)25(31)18-21)33-27(34-36)20-12-14-32-15-13-20/h5,8-15,18,22,28H,3-4,6-7,16-17H2,1-2H3,(H,33,34). The second-order valence-corrected chi connectivity index (χ2v) is 10.5. The van der Waals surface area contributed by atoms with Crippen molar-refractivity contribution in [1.29, 1.82) is 0 Å². The summed E-state index contributed by atoms with van der Waals surface area (Å²) in [6, 6.07) is 15.3. The monoisotopic (exact) mass is 551 g/mol. The molecule has 2 aliphatic rings. The Hall–Kier alpha value is -3.13. The van der Waals surface area contributed by atoms with Crippen molar-refractivity contribution in [1.82, 2.24) is 20.3 Å². The van der Waals surface area contributed by atoms with Gasteiger partial charge >= 0.3 is 0 Å². The highest BCUT2D eigenvalue weighted by Gasteiger charge is 2.33. The zero-order valence-electron chi connectivity index (χ0n) is 21.5. The molecule has 1 aromatic heterocycles. The average molecular weight is 553 g/mol. The van der Waals surface area contributed by atoms with Gasteiger partial charge in [-0.3, -0.25) is 9.78 Å². The number of benzene rings is 2. The molecule has 1 amide bonds. The van der Waals surface area contributed by atoms with E-state index in [2.05, 4.69) is 15.4 Å². The predicted molar refractivity (Wildman–Crippen MR) is 151 cm³/mol.